The molecule has 0 bridgehead atoms. The van der Waals surface area contributed by atoms with E-state index in [4.69, 9.17) is 4.74 Å². The summed E-state index contributed by atoms with van der Waals surface area (Å²) in [5.41, 5.74) is 3.44. The van der Waals surface area contributed by atoms with Gasteiger partial charge in [0.25, 0.3) is 5.56 Å². The lowest BCUT2D eigenvalue weighted by Gasteiger charge is -2.09. The summed E-state index contributed by atoms with van der Waals surface area (Å²) in [5.74, 6) is 0.658. The van der Waals surface area contributed by atoms with Crippen LogP contribution in [0.15, 0.2) is 65.5 Å². The van der Waals surface area contributed by atoms with Crippen molar-refractivity contribution in [3.05, 3.63) is 76.6 Å². The number of carbonyl (C=O) groups excluding carboxylic acids is 1. The van der Waals surface area contributed by atoms with E-state index in [1.54, 1.807) is 13.2 Å². The third-order valence-corrected chi connectivity index (χ3v) is 5.06. The molecule has 1 aromatic heterocycles. The lowest BCUT2D eigenvalue weighted by Crippen LogP contribution is -2.23. The minimum Gasteiger partial charge on any atom is -0.497 e. The van der Waals surface area contributed by atoms with Gasteiger partial charge in [0, 0.05) is 30.3 Å². The molecule has 0 atom stereocenters. The normalized spacial score (nSPS) is 10.6. The van der Waals surface area contributed by atoms with E-state index in [0.29, 0.717) is 25.1 Å². The molecular weight excluding hydrogens is 390 g/mol. The molecule has 0 unspecified atom stereocenters. The van der Waals surface area contributed by atoms with Crippen LogP contribution in [-0.2, 0) is 17.8 Å². The largest absolute Gasteiger partial charge is 0.497 e. The van der Waals surface area contributed by atoms with Crippen molar-refractivity contribution in [1.82, 2.24) is 9.78 Å². The molecule has 0 saturated heterocycles. The van der Waals surface area contributed by atoms with Crippen LogP contribution in [0.25, 0.3) is 11.3 Å². The van der Waals surface area contributed by atoms with Gasteiger partial charge in [-0.1, -0.05) is 37.6 Å². The quantitative estimate of drug-likeness (QED) is 0.518. The molecule has 1 amide bonds. The van der Waals surface area contributed by atoms with Crippen LogP contribution in [0.4, 0.5) is 5.69 Å². The van der Waals surface area contributed by atoms with Crippen LogP contribution in [0.3, 0.4) is 0 Å². The van der Waals surface area contributed by atoms with E-state index in [1.807, 2.05) is 36.4 Å². The number of anilines is 1. The number of unbranched alkanes of at least 4 members (excludes halogenated alkanes) is 1. The topological polar surface area (TPSA) is 73.2 Å². The van der Waals surface area contributed by atoms with Crippen molar-refractivity contribution < 1.29 is 9.53 Å². The van der Waals surface area contributed by atoms with Crippen molar-refractivity contribution in [2.24, 2.45) is 0 Å². The first-order valence-electron chi connectivity index (χ1n) is 10.7. The lowest BCUT2D eigenvalue weighted by atomic mass is 10.1. The molecule has 0 fully saturated rings. The molecule has 3 aromatic rings. The Kier molecular flexibility index (Phi) is 7.98. The standard InChI is InChI=1S/C25H29N3O3/c1-3-4-7-19-11-13-21(14-12-19)26-24(29)10-6-17-28-25(30)16-15-23(27-28)20-8-5-9-22(18-20)31-2/h5,8-9,11-16,18H,3-4,6-7,10,17H2,1-2H3,(H,26,29). The summed E-state index contributed by atoms with van der Waals surface area (Å²) in [6.07, 6.45) is 4.22. The van der Waals surface area contributed by atoms with Crippen molar-refractivity contribution in [1.29, 1.82) is 0 Å². The first-order chi connectivity index (χ1) is 15.1. The van der Waals surface area contributed by atoms with Gasteiger partial charge in [0.1, 0.15) is 5.75 Å². The SMILES string of the molecule is CCCCc1ccc(NC(=O)CCCn2nc(-c3cccc(OC)c3)ccc2=O)cc1. The zero-order valence-electron chi connectivity index (χ0n) is 18.1. The molecule has 1 N–H and O–H groups in total. The maximum atomic E-state index is 12.3. The second kappa shape index (κ2) is 11.1. The Morgan fingerprint density at radius 2 is 1.87 bits per heavy atom. The number of ether oxygens (including phenoxy) is 1. The third-order valence-electron chi connectivity index (χ3n) is 5.06. The average molecular weight is 420 g/mol. The van der Waals surface area contributed by atoms with Gasteiger partial charge in [-0.15, -0.1) is 0 Å². The highest BCUT2D eigenvalue weighted by atomic mass is 16.5. The number of amides is 1. The van der Waals surface area contributed by atoms with E-state index < -0.39 is 0 Å². The third kappa shape index (κ3) is 6.54. The van der Waals surface area contributed by atoms with Crippen LogP contribution < -0.4 is 15.6 Å². The van der Waals surface area contributed by atoms with Crippen molar-refractivity contribution in [2.75, 3.05) is 12.4 Å². The van der Waals surface area contributed by atoms with Gasteiger partial charge in [-0.2, -0.15) is 5.10 Å². The van der Waals surface area contributed by atoms with Crippen LogP contribution in [0.5, 0.6) is 5.75 Å². The van der Waals surface area contributed by atoms with Crippen molar-refractivity contribution >= 4 is 11.6 Å². The zero-order chi connectivity index (χ0) is 22.1. The molecule has 0 aliphatic heterocycles. The summed E-state index contributed by atoms with van der Waals surface area (Å²) in [6, 6.07) is 18.7. The smallest absolute Gasteiger partial charge is 0.266 e. The molecule has 162 valence electrons. The summed E-state index contributed by atoms with van der Waals surface area (Å²) in [4.78, 5) is 24.4. The van der Waals surface area contributed by atoms with Gasteiger partial charge in [0.2, 0.25) is 5.91 Å². The molecular formula is C25H29N3O3. The number of aryl methyl sites for hydroxylation is 2. The fraction of sp³-hybridized carbons (Fsp3) is 0.320. The second-order valence-corrected chi connectivity index (χ2v) is 7.46. The van der Waals surface area contributed by atoms with Crippen LogP contribution in [-0.4, -0.2) is 22.8 Å². The maximum Gasteiger partial charge on any atom is 0.266 e. The predicted molar refractivity (Wildman–Crippen MR) is 123 cm³/mol. The van der Waals surface area contributed by atoms with E-state index in [0.717, 1.165) is 29.8 Å². The molecule has 0 saturated carbocycles. The van der Waals surface area contributed by atoms with Gasteiger partial charge < -0.3 is 10.1 Å². The Hall–Kier alpha value is -3.41. The molecule has 0 radical (unpaired) electrons. The zero-order valence-corrected chi connectivity index (χ0v) is 18.1. The number of hydrogen-bond donors (Lipinski definition) is 1. The highest BCUT2D eigenvalue weighted by molar-refractivity contribution is 5.90. The van der Waals surface area contributed by atoms with Gasteiger partial charge in [-0.25, -0.2) is 4.68 Å². The number of nitrogens with one attached hydrogen (secondary N) is 1. The number of hydrogen-bond acceptors (Lipinski definition) is 4. The second-order valence-electron chi connectivity index (χ2n) is 7.46. The fourth-order valence-corrected chi connectivity index (χ4v) is 3.29. The van der Waals surface area contributed by atoms with E-state index in [2.05, 4.69) is 29.5 Å². The van der Waals surface area contributed by atoms with Crippen LogP contribution in [0.2, 0.25) is 0 Å². The Morgan fingerprint density at radius 1 is 1.06 bits per heavy atom. The Morgan fingerprint density at radius 3 is 2.61 bits per heavy atom. The summed E-state index contributed by atoms with van der Waals surface area (Å²) in [7, 11) is 1.61. The summed E-state index contributed by atoms with van der Waals surface area (Å²) in [6.45, 7) is 2.55. The van der Waals surface area contributed by atoms with Crippen LogP contribution in [0, 0.1) is 0 Å². The molecule has 6 heteroatoms. The fourth-order valence-electron chi connectivity index (χ4n) is 3.29. The molecule has 0 spiro atoms. The Bertz CT molecular complexity index is 1060. The monoisotopic (exact) mass is 419 g/mol. The highest BCUT2D eigenvalue weighted by Gasteiger charge is 2.07. The Balaban J connectivity index is 1.55. The number of rotatable bonds is 10. The number of nitrogens with zero attached hydrogens (tertiary/aromatic N) is 2. The van der Waals surface area contributed by atoms with Crippen molar-refractivity contribution in [2.45, 2.75) is 45.6 Å². The van der Waals surface area contributed by atoms with Crippen molar-refractivity contribution in [3.8, 4) is 17.0 Å². The van der Waals surface area contributed by atoms with Crippen molar-refractivity contribution in [3.63, 3.8) is 0 Å². The number of carbonyl (C=O) groups is 1. The van der Waals surface area contributed by atoms with Gasteiger partial charge in [0.15, 0.2) is 0 Å². The van der Waals surface area contributed by atoms with E-state index >= 15 is 0 Å². The summed E-state index contributed by atoms with van der Waals surface area (Å²) in [5, 5.41) is 7.37. The minimum atomic E-state index is -0.185. The number of benzene rings is 2. The molecule has 0 aliphatic carbocycles. The molecule has 1 heterocycles. The minimum absolute atomic E-state index is 0.0710. The van der Waals surface area contributed by atoms with Gasteiger partial charge >= 0.3 is 0 Å². The summed E-state index contributed by atoms with van der Waals surface area (Å²) >= 11 is 0. The van der Waals surface area contributed by atoms with Crippen LogP contribution in [0.1, 0.15) is 38.2 Å². The maximum absolute atomic E-state index is 12.3. The predicted octanol–water partition coefficient (Wildman–Crippen LogP) is 4.68. The molecule has 3 rings (SSSR count). The highest BCUT2D eigenvalue weighted by Crippen LogP contribution is 2.21. The summed E-state index contributed by atoms with van der Waals surface area (Å²) < 4.78 is 6.66. The molecule has 2 aromatic carbocycles. The first kappa shape index (κ1) is 22.3. The Labute approximate surface area is 182 Å². The molecule has 6 nitrogen and oxygen atoms in total. The first-order valence-corrected chi connectivity index (χ1v) is 10.7. The van der Waals surface area contributed by atoms with E-state index in [-0.39, 0.29) is 11.5 Å². The van der Waals surface area contributed by atoms with Gasteiger partial charge in [-0.05, 0) is 55.2 Å². The van der Waals surface area contributed by atoms with Crippen LogP contribution >= 0.6 is 0 Å². The molecule has 31 heavy (non-hydrogen) atoms. The average Bonchev–Trinajstić information content (AvgIpc) is 2.80. The van der Waals surface area contributed by atoms with E-state index in [1.165, 1.54) is 22.7 Å². The van der Waals surface area contributed by atoms with Gasteiger partial charge in [0.05, 0.1) is 12.8 Å². The van der Waals surface area contributed by atoms with E-state index in [9.17, 15) is 9.59 Å². The number of aromatic nitrogens is 2. The molecule has 0 aliphatic rings. The van der Waals surface area contributed by atoms with Gasteiger partial charge in [-0.3, -0.25) is 9.59 Å². The number of methoxy groups -OCH3 is 1. The lowest BCUT2D eigenvalue weighted by molar-refractivity contribution is -0.116.